The smallest absolute Gasteiger partial charge is 0.118 e. The molecule has 1 rings (SSSR count). The second-order valence-corrected chi connectivity index (χ2v) is 4.55. The molecule has 1 aromatic rings. The zero-order valence-corrected chi connectivity index (χ0v) is 11.9. The number of ether oxygens (including phenoxy) is 2. The molecule has 0 amide bonds. The first-order valence-corrected chi connectivity index (χ1v) is 6.56. The van der Waals surface area contributed by atoms with Crippen molar-refractivity contribution in [1.29, 1.82) is 0 Å². The van der Waals surface area contributed by atoms with Crippen LogP contribution in [0.4, 0.5) is 0 Å². The number of hydrogen-bond donors (Lipinski definition) is 1. The number of methoxy groups -OCH3 is 1. The van der Waals surface area contributed by atoms with E-state index >= 15 is 0 Å². The van der Waals surface area contributed by atoms with Crippen LogP contribution < -0.4 is 5.32 Å². The standard InChI is InChI=1S/C14H25NO3/c1-5-6-15-8-14-7-13(12(3)18-14)10-17-11(2)9-16-4/h7,11,15H,5-6,8-10H2,1-4H3. The van der Waals surface area contributed by atoms with Crippen molar-refractivity contribution in [2.75, 3.05) is 20.3 Å². The third-order valence-corrected chi connectivity index (χ3v) is 2.72. The first-order chi connectivity index (χ1) is 8.67. The Morgan fingerprint density at radius 3 is 2.89 bits per heavy atom. The summed E-state index contributed by atoms with van der Waals surface area (Å²) in [6.07, 6.45) is 1.23. The lowest BCUT2D eigenvalue weighted by atomic mass is 10.2. The molecule has 0 spiro atoms. The summed E-state index contributed by atoms with van der Waals surface area (Å²) in [5.41, 5.74) is 1.12. The van der Waals surface area contributed by atoms with Crippen LogP contribution in [0.1, 0.15) is 37.4 Å². The van der Waals surface area contributed by atoms with Gasteiger partial charge < -0.3 is 19.2 Å². The van der Waals surface area contributed by atoms with E-state index in [2.05, 4.69) is 18.3 Å². The van der Waals surface area contributed by atoms with Gasteiger partial charge in [0.1, 0.15) is 11.5 Å². The van der Waals surface area contributed by atoms with Crippen LogP contribution in [0, 0.1) is 6.92 Å². The molecule has 0 aliphatic heterocycles. The lowest BCUT2D eigenvalue weighted by molar-refractivity contribution is -0.000504. The fourth-order valence-electron chi connectivity index (χ4n) is 1.72. The van der Waals surface area contributed by atoms with E-state index in [1.54, 1.807) is 7.11 Å². The maximum absolute atomic E-state index is 5.68. The Morgan fingerprint density at radius 2 is 2.22 bits per heavy atom. The van der Waals surface area contributed by atoms with Gasteiger partial charge in [0.15, 0.2) is 0 Å². The fourth-order valence-corrected chi connectivity index (χ4v) is 1.72. The number of rotatable bonds is 9. The normalized spacial score (nSPS) is 12.9. The van der Waals surface area contributed by atoms with Crippen molar-refractivity contribution in [2.45, 2.75) is 46.4 Å². The third-order valence-electron chi connectivity index (χ3n) is 2.72. The average molecular weight is 255 g/mol. The van der Waals surface area contributed by atoms with E-state index in [1.807, 2.05) is 13.8 Å². The summed E-state index contributed by atoms with van der Waals surface area (Å²) in [5.74, 6) is 1.91. The minimum atomic E-state index is 0.103. The molecule has 0 aliphatic carbocycles. The van der Waals surface area contributed by atoms with Gasteiger partial charge in [-0.15, -0.1) is 0 Å². The highest BCUT2D eigenvalue weighted by molar-refractivity contribution is 5.19. The summed E-state index contributed by atoms with van der Waals surface area (Å²) in [4.78, 5) is 0. The van der Waals surface area contributed by atoms with Crippen LogP contribution in [0.3, 0.4) is 0 Å². The van der Waals surface area contributed by atoms with Crippen LogP contribution in [0.5, 0.6) is 0 Å². The van der Waals surface area contributed by atoms with Crippen molar-refractivity contribution in [3.63, 3.8) is 0 Å². The molecule has 1 unspecified atom stereocenters. The Bertz CT molecular complexity index is 336. The topological polar surface area (TPSA) is 43.6 Å². The van der Waals surface area contributed by atoms with Gasteiger partial charge in [0.2, 0.25) is 0 Å². The molecule has 4 heteroatoms. The van der Waals surface area contributed by atoms with Crippen molar-refractivity contribution in [3.8, 4) is 0 Å². The minimum absolute atomic E-state index is 0.103. The van der Waals surface area contributed by atoms with E-state index in [9.17, 15) is 0 Å². The molecule has 0 bridgehead atoms. The first-order valence-electron chi connectivity index (χ1n) is 6.56. The Labute approximate surface area is 110 Å². The molecule has 0 aliphatic rings. The van der Waals surface area contributed by atoms with E-state index in [-0.39, 0.29) is 6.10 Å². The van der Waals surface area contributed by atoms with E-state index in [1.165, 1.54) is 0 Å². The molecule has 104 valence electrons. The summed E-state index contributed by atoms with van der Waals surface area (Å²) >= 11 is 0. The minimum Gasteiger partial charge on any atom is -0.465 e. The highest BCUT2D eigenvalue weighted by atomic mass is 16.5. The summed E-state index contributed by atoms with van der Waals surface area (Å²) in [7, 11) is 1.68. The molecule has 1 aromatic heterocycles. The Hall–Kier alpha value is -0.840. The van der Waals surface area contributed by atoms with Gasteiger partial charge >= 0.3 is 0 Å². The van der Waals surface area contributed by atoms with Gasteiger partial charge in [-0.1, -0.05) is 6.92 Å². The van der Waals surface area contributed by atoms with Crippen LogP contribution in [0.15, 0.2) is 10.5 Å². The predicted octanol–water partition coefficient (Wildman–Crippen LogP) is 2.64. The van der Waals surface area contributed by atoms with Crippen molar-refractivity contribution < 1.29 is 13.9 Å². The van der Waals surface area contributed by atoms with Gasteiger partial charge in [0, 0.05) is 12.7 Å². The van der Waals surface area contributed by atoms with Gasteiger partial charge in [-0.25, -0.2) is 0 Å². The zero-order chi connectivity index (χ0) is 13.4. The molecule has 0 saturated carbocycles. The Kier molecular flexibility index (Phi) is 7.01. The molecular formula is C14H25NO3. The van der Waals surface area contributed by atoms with Gasteiger partial charge in [0.25, 0.3) is 0 Å². The number of aryl methyl sites for hydroxylation is 1. The van der Waals surface area contributed by atoms with Crippen LogP contribution in [0.25, 0.3) is 0 Å². The van der Waals surface area contributed by atoms with E-state index < -0.39 is 0 Å². The van der Waals surface area contributed by atoms with Crippen molar-refractivity contribution in [2.24, 2.45) is 0 Å². The SMILES string of the molecule is CCCNCc1cc(COC(C)COC)c(C)o1. The van der Waals surface area contributed by atoms with E-state index in [4.69, 9.17) is 13.9 Å². The Balaban J connectivity index is 2.41. The van der Waals surface area contributed by atoms with Gasteiger partial charge in [-0.05, 0) is 32.9 Å². The monoisotopic (exact) mass is 255 g/mol. The molecule has 18 heavy (non-hydrogen) atoms. The predicted molar refractivity (Wildman–Crippen MR) is 71.6 cm³/mol. The lowest BCUT2D eigenvalue weighted by Crippen LogP contribution is -2.14. The largest absolute Gasteiger partial charge is 0.465 e. The van der Waals surface area contributed by atoms with Crippen LogP contribution in [0.2, 0.25) is 0 Å². The third kappa shape index (κ3) is 5.21. The number of furan rings is 1. The van der Waals surface area contributed by atoms with Crippen LogP contribution >= 0.6 is 0 Å². The average Bonchev–Trinajstić information content (AvgIpc) is 2.68. The molecule has 0 radical (unpaired) electrons. The molecule has 4 nitrogen and oxygen atoms in total. The van der Waals surface area contributed by atoms with E-state index in [0.29, 0.717) is 13.2 Å². The maximum Gasteiger partial charge on any atom is 0.118 e. The lowest BCUT2D eigenvalue weighted by Gasteiger charge is -2.10. The molecule has 0 fully saturated rings. The van der Waals surface area contributed by atoms with E-state index in [0.717, 1.165) is 36.6 Å². The van der Waals surface area contributed by atoms with Crippen molar-refractivity contribution in [3.05, 3.63) is 23.2 Å². The highest BCUT2D eigenvalue weighted by Gasteiger charge is 2.09. The molecule has 1 atom stereocenters. The highest BCUT2D eigenvalue weighted by Crippen LogP contribution is 2.16. The van der Waals surface area contributed by atoms with Crippen molar-refractivity contribution in [1.82, 2.24) is 5.32 Å². The summed E-state index contributed by atoms with van der Waals surface area (Å²) in [6, 6.07) is 2.07. The number of nitrogens with one attached hydrogen (secondary N) is 1. The molecular weight excluding hydrogens is 230 g/mol. The van der Waals surface area contributed by atoms with Crippen LogP contribution in [-0.2, 0) is 22.6 Å². The molecule has 1 heterocycles. The molecule has 1 N–H and O–H groups in total. The summed E-state index contributed by atoms with van der Waals surface area (Å²) in [6.45, 7) is 9.11. The zero-order valence-electron chi connectivity index (χ0n) is 11.9. The quantitative estimate of drug-likeness (QED) is 0.689. The summed E-state index contributed by atoms with van der Waals surface area (Å²) < 4.78 is 16.4. The second-order valence-electron chi connectivity index (χ2n) is 4.55. The first kappa shape index (κ1) is 15.2. The van der Waals surface area contributed by atoms with Crippen molar-refractivity contribution >= 4 is 0 Å². The Morgan fingerprint density at radius 1 is 1.44 bits per heavy atom. The van der Waals surface area contributed by atoms with Gasteiger partial charge in [0.05, 0.1) is 25.9 Å². The maximum atomic E-state index is 5.68. The second kappa shape index (κ2) is 8.29. The van der Waals surface area contributed by atoms with Crippen LogP contribution in [-0.4, -0.2) is 26.4 Å². The van der Waals surface area contributed by atoms with Gasteiger partial charge in [-0.3, -0.25) is 0 Å². The summed E-state index contributed by atoms with van der Waals surface area (Å²) in [5, 5.41) is 3.32. The molecule has 0 aromatic carbocycles. The molecule has 0 saturated heterocycles. The van der Waals surface area contributed by atoms with Gasteiger partial charge in [-0.2, -0.15) is 0 Å². The number of hydrogen-bond acceptors (Lipinski definition) is 4. The fraction of sp³-hybridized carbons (Fsp3) is 0.714.